The minimum atomic E-state index is -4.57. The minimum Gasteiger partial charge on any atom is -0.394 e. The van der Waals surface area contributed by atoms with E-state index in [0.717, 1.165) is 12.1 Å². The molecule has 2 nitrogen and oxygen atoms in total. The second-order valence-corrected chi connectivity index (χ2v) is 4.85. The van der Waals surface area contributed by atoms with Gasteiger partial charge in [-0.1, -0.05) is 13.8 Å². The van der Waals surface area contributed by atoms with Gasteiger partial charge in [0.1, 0.15) is 5.82 Å². The molecule has 0 fully saturated rings. The third-order valence-corrected chi connectivity index (χ3v) is 3.61. The third-order valence-electron chi connectivity index (χ3n) is 3.61. The fourth-order valence-electron chi connectivity index (χ4n) is 1.99. The van der Waals surface area contributed by atoms with Crippen molar-refractivity contribution in [1.82, 2.24) is 5.32 Å². The summed E-state index contributed by atoms with van der Waals surface area (Å²) < 4.78 is 51.0. The van der Waals surface area contributed by atoms with Gasteiger partial charge in [0.05, 0.1) is 12.2 Å². The summed E-state index contributed by atoms with van der Waals surface area (Å²) in [7, 11) is 0. The molecule has 0 saturated carbocycles. The SMILES string of the molecule is CCC(CC)(CO)NCc1cc(F)cc(C(F)(F)F)c1. The van der Waals surface area contributed by atoms with Crippen LogP contribution in [0.2, 0.25) is 0 Å². The van der Waals surface area contributed by atoms with Crippen LogP contribution in [0.25, 0.3) is 0 Å². The first kappa shape index (κ1) is 16.9. The summed E-state index contributed by atoms with van der Waals surface area (Å²) in [4.78, 5) is 0. The number of rotatable bonds is 6. The maximum atomic E-state index is 13.2. The van der Waals surface area contributed by atoms with Gasteiger partial charge >= 0.3 is 6.18 Å². The Morgan fingerprint density at radius 2 is 1.70 bits per heavy atom. The molecule has 20 heavy (non-hydrogen) atoms. The highest BCUT2D eigenvalue weighted by atomic mass is 19.4. The predicted molar refractivity (Wildman–Crippen MR) is 68.6 cm³/mol. The molecule has 1 aromatic carbocycles. The molecule has 114 valence electrons. The molecule has 2 N–H and O–H groups in total. The zero-order valence-electron chi connectivity index (χ0n) is 11.5. The molecule has 0 heterocycles. The highest BCUT2D eigenvalue weighted by Crippen LogP contribution is 2.30. The van der Waals surface area contributed by atoms with Gasteiger partial charge in [0, 0.05) is 12.1 Å². The summed E-state index contributed by atoms with van der Waals surface area (Å²) in [5.41, 5.74) is -1.35. The van der Waals surface area contributed by atoms with E-state index in [1.54, 1.807) is 0 Å². The van der Waals surface area contributed by atoms with Gasteiger partial charge in [-0.2, -0.15) is 13.2 Å². The number of benzene rings is 1. The third kappa shape index (κ3) is 4.18. The standard InChI is InChI=1S/C14H19F4NO/c1-3-13(4-2,9-20)19-8-10-5-11(14(16,17)18)7-12(15)6-10/h5-7,19-20H,3-4,8-9H2,1-2H3. The van der Waals surface area contributed by atoms with Gasteiger partial charge in [-0.15, -0.1) is 0 Å². The molecule has 6 heteroatoms. The van der Waals surface area contributed by atoms with Gasteiger partial charge in [-0.05, 0) is 36.6 Å². The second kappa shape index (κ2) is 6.54. The number of aliphatic hydroxyl groups is 1. The van der Waals surface area contributed by atoms with Crippen LogP contribution in [-0.4, -0.2) is 17.3 Å². The molecule has 0 bridgehead atoms. The van der Waals surface area contributed by atoms with Gasteiger partial charge in [-0.3, -0.25) is 0 Å². The average molecular weight is 293 g/mol. The second-order valence-electron chi connectivity index (χ2n) is 4.85. The lowest BCUT2D eigenvalue weighted by Crippen LogP contribution is -2.47. The van der Waals surface area contributed by atoms with Crippen molar-refractivity contribution in [2.45, 2.75) is 44.9 Å². The van der Waals surface area contributed by atoms with Crippen molar-refractivity contribution < 1.29 is 22.7 Å². The Kier molecular flexibility index (Phi) is 5.53. The number of alkyl halides is 3. The van der Waals surface area contributed by atoms with Crippen molar-refractivity contribution in [1.29, 1.82) is 0 Å². The van der Waals surface area contributed by atoms with Crippen LogP contribution < -0.4 is 5.32 Å². The van der Waals surface area contributed by atoms with E-state index in [-0.39, 0.29) is 18.7 Å². The number of nitrogens with one attached hydrogen (secondary N) is 1. The van der Waals surface area contributed by atoms with Gasteiger partial charge in [0.15, 0.2) is 0 Å². The quantitative estimate of drug-likeness (QED) is 0.787. The summed E-state index contributed by atoms with van der Waals surface area (Å²) in [6, 6.07) is 2.46. The molecule has 0 saturated heterocycles. The molecule has 1 aromatic rings. The Labute approximate surface area is 115 Å². The van der Waals surface area contributed by atoms with E-state index in [0.29, 0.717) is 18.9 Å². The average Bonchev–Trinajstić information content (AvgIpc) is 2.39. The zero-order chi connectivity index (χ0) is 15.4. The Bertz CT molecular complexity index is 433. The lowest BCUT2D eigenvalue weighted by Gasteiger charge is -2.31. The smallest absolute Gasteiger partial charge is 0.394 e. The Morgan fingerprint density at radius 1 is 1.10 bits per heavy atom. The van der Waals surface area contributed by atoms with E-state index < -0.39 is 23.1 Å². The lowest BCUT2D eigenvalue weighted by atomic mass is 9.93. The molecular formula is C14H19F4NO. The van der Waals surface area contributed by atoms with E-state index in [9.17, 15) is 22.7 Å². The molecule has 0 spiro atoms. The molecule has 0 aliphatic carbocycles. The van der Waals surface area contributed by atoms with E-state index >= 15 is 0 Å². The Morgan fingerprint density at radius 3 is 2.15 bits per heavy atom. The van der Waals surface area contributed by atoms with Crippen molar-refractivity contribution in [3.63, 3.8) is 0 Å². The van der Waals surface area contributed by atoms with Crippen LogP contribution in [0.4, 0.5) is 17.6 Å². The molecule has 0 aliphatic rings. The summed E-state index contributed by atoms with van der Waals surface area (Å²) in [6.07, 6.45) is -3.32. The molecule has 0 aliphatic heterocycles. The molecule has 0 aromatic heterocycles. The van der Waals surface area contributed by atoms with Crippen LogP contribution in [0.3, 0.4) is 0 Å². The summed E-state index contributed by atoms with van der Waals surface area (Å²) >= 11 is 0. The maximum Gasteiger partial charge on any atom is 0.416 e. The van der Waals surface area contributed by atoms with Gasteiger partial charge in [0.25, 0.3) is 0 Å². The van der Waals surface area contributed by atoms with Crippen LogP contribution in [-0.2, 0) is 12.7 Å². The van der Waals surface area contributed by atoms with Crippen LogP contribution in [0, 0.1) is 5.82 Å². The predicted octanol–water partition coefficient (Wildman–Crippen LogP) is 3.49. The monoisotopic (exact) mass is 293 g/mol. The van der Waals surface area contributed by atoms with E-state index in [4.69, 9.17) is 0 Å². The molecule has 1 rings (SSSR count). The largest absolute Gasteiger partial charge is 0.416 e. The number of aliphatic hydroxyl groups excluding tert-OH is 1. The normalized spacial score (nSPS) is 12.8. The van der Waals surface area contributed by atoms with Gasteiger partial charge in [-0.25, -0.2) is 4.39 Å². The first-order valence-electron chi connectivity index (χ1n) is 6.49. The Balaban J connectivity index is 2.91. The Hall–Kier alpha value is -1.14. The lowest BCUT2D eigenvalue weighted by molar-refractivity contribution is -0.137. The number of halogens is 4. The van der Waals surface area contributed by atoms with E-state index in [1.807, 2.05) is 13.8 Å². The van der Waals surface area contributed by atoms with E-state index in [1.165, 1.54) is 0 Å². The van der Waals surface area contributed by atoms with Crippen molar-refractivity contribution in [2.75, 3.05) is 6.61 Å². The molecule has 0 atom stereocenters. The molecular weight excluding hydrogens is 274 g/mol. The van der Waals surface area contributed by atoms with E-state index in [2.05, 4.69) is 5.32 Å². The topological polar surface area (TPSA) is 32.3 Å². The highest BCUT2D eigenvalue weighted by Gasteiger charge is 2.31. The number of hydrogen-bond acceptors (Lipinski definition) is 2. The maximum absolute atomic E-state index is 13.2. The van der Waals surface area contributed by atoms with Crippen molar-refractivity contribution >= 4 is 0 Å². The molecule has 0 radical (unpaired) electrons. The molecule has 0 unspecified atom stereocenters. The van der Waals surface area contributed by atoms with Crippen LogP contribution >= 0.6 is 0 Å². The first-order chi connectivity index (χ1) is 9.26. The van der Waals surface area contributed by atoms with Gasteiger partial charge < -0.3 is 10.4 Å². The van der Waals surface area contributed by atoms with Crippen LogP contribution in [0.15, 0.2) is 18.2 Å². The minimum absolute atomic E-state index is 0.0725. The van der Waals surface area contributed by atoms with Crippen molar-refractivity contribution in [2.24, 2.45) is 0 Å². The fourth-order valence-corrected chi connectivity index (χ4v) is 1.99. The number of hydrogen-bond donors (Lipinski definition) is 2. The molecule has 0 amide bonds. The van der Waals surface area contributed by atoms with Crippen molar-refractivity contribution in [3.05, 3.63) is 35.1 Å². The van der Waals surface area contributed by atoms with Gasteiger partial charge in [0.2, 0.25) is 0 Å². The first-order valence-corrected chi connectivity index (χ1v) is 6.49. The fraction of sp³-hybridized carbons (Fsp3) is 0.571. The van der Waals surface area contributed by atoms with Crippen LogP contribution in [0.5, 0.6) is 0 Å². The highest BCUT2D eigenvalue weighted by molar-refractivity contribution is 5.27. The summed E-state index contributed by atoms with van der Waals surface area (Å²) in [6.45, 7) is 3.70. The summed E-state index contributed by atoms with van der Waals surface area (Å²) in [5, 5.41) is 12.4. The zero-order valence-corrected chi connectivity index (χ0v) is 11.5. The van der Waals surface area contributed by atoms with Crippen molar-refractivity contribution in [3.8, 4) is 0 Å². The van der Waals surface area contributed by atoms with Crippen LogP contribution in [0.1, 0.15) is 37.8 Å². The summed E-state index contributed by atoms with van der Waals surface area (Å²) in [5.74, 6) is -0.917.